The molecular weight excluding hydrogens is 279 g/mol. The van der Waals surface area contributed by atoms with Crippen molar-refractivity contribution in [3.63, 3.8) is 0 Å². The molecule has 1 nitrogen and oxygen atoms in total. The number of nitrogens with one attached hydrogen (secondary N) is 1. The van der Waals surface area contributed by atoms with Crippen LogP contribution in [0.1, 0.15) is 5.56 Å². The topological polar surface area (TPSA) is 12.0 Å². The molecule has 0 fully saturated rings. The van der Waals surface area contributed by atoms with E-state index in [9.17, 15) is 8.78 Å². The average Bonchev–Trinajstić information content (AvgIpc) is 2.35. The highest BCUT2D eigenvalue weighted by atomic mass is 35.5. The Hall–Kier alpha value is -1.32. The van der Waals surface area contributed by atoms with Gasteiger partial charge in [-0.25, -0.2) is 8.78 Å². The summed E-state index contributed by atoms with van der Waals surface area (Å²) >= 11 is 11.6. The van der Waals surface area contributed by atoms with Crippen LogP contribution in [0.4, 0.5) is 14.5 Å². The maximum Gasteiger partial charge on any atom is 0.163 e. The van der Waals surface area contributed by atoms with E-state index in [1.54, 1.807) is 18.2 Å². The SMILES string of the molecule is Fc1cccc(CNc2ccc(Cl)c(Cl)c2)c1F. The van der Waals surface area contributed by atoms with Gasteiger partial charge in [-0.3, -0.25) is 0 Å². The highest BCUT2D eigenvalue weighted by Crippen LogP contribution is 2.25. The summed E-state index contributed by atoms with van der Waals surface area (Å²) in [6.07, 6.45) is 0. The molecule has 0 bridgehead atoms. The van der Waals surface area contributed by atoms with Gasteiger partial charge >= 0.3 is 0 Å². The second kappa shape index (κ2) is 5.55. The van der Waals surface area contributed by atoms with Crippen LogP contribution in [0.3, 0.4) is 0 Å². The summed E-state index contributed by atoms with van der Waals surface area (Å²) < 4.78 is 26.4. The minimum atomic E-state index is -0.858. The molecule has 0 saturated heterocycles. The molecule has 2 aromatic carbocycles. The first kappa shape index (κ1) is 13.1. The van der Waals surface area contributed by atoms with E-state index in [1.165, 1.54) is 12.1 Å². The van der Waals surface area contributed by atoms with Crippen LogP contribution in [0.5, 0.6) is 0 Å². The minimum Gasteiger partial charge on any atom is -0.381 e. The Bertz CT molecular complexity index is 573. The largest absolute Gasteiger partial charge is 0.381 e. The van der Waals surface area contributed by atoms with Gasteiger partial charge in [0.15, 0.2) is 11.6 Å². The van der Waals surface area contributed by atoms with Crippen molar-refractivity contribution in [1.82, 2.24) is 0 Å². The minimum absolute atomic E-state index is 0.168. The monoisotopic (exact) mass is 287 g/mol. The number of benzene rings is 2. The molecule has 0 atom stereocenters. The van der Waals surface area contributed by atoms with Crippen molar-refractivity contribution >= 4 is 28.9 Å². The van der Waals surface area contributed by atoms with Crippen molar-refractivity contribution < 1.29 is 8.78 Å². The van der Waals surface area contributed by atoms with Gasteiger partial charge in [-0.2, -0.15) is 0 Å². The van der Waals surface area contributed by atoms with Gasteiger partial charge in [0.2, 0.25) is 0 Å². The van der Waals surface area contributed by atoms with Crippen LogP contribution in [0.25, 0.3) is 0 Å². The van der Waals surface area contributed by atoms with Gasteiger partial charge in [-0.15, -0.1) is 0 Å². The lowest BCUT2D eigenvalue weighted by molar-refractivity contribution is 0.500. The lowest BCUT2D eigenvalue weighted by Crippen LogP contribution is -2.03. The third-order valence-electron chi connectivity index (χ3n) is 2.43. The molecule has 0 spiro atoms. The first-order chi connectivity index (χ1) is 8.58. The number of halogens is 4. The predicted octanol–water partition coefficient (Wildman–Crippen LogP) is 4.88. The maximum atomic E-state index is 13.4. The smallest absolute Gasteiger partial charge is 0.163 e. The number of hydrogen-bond donors (Lipinski definition) is 1. The van der Waals surface area contributed by atoms with Crippen LogP contribution in [0, 0.1) is 11.6 Å². The molecule has 2 aromatic rings. The third-order valence-corrected chi connectivity index (χ3v) is 3.17. The van der Waals surface area contributed by atoms with Gasteiger partial charge in [-0.1, -0.05) is 35.3 Å². The zero-order valence-corrected chi connectivity index (χ0v) is 10.7. The Morgan fingerprint density at radius 2 is 1.78 bits per heavy atom. The Balaban J connectivity index is 2.11. The molecule has 0 aliphatic carbocycles. The molecule has 18 heavy (non-hydrogen) atoms. The molecular formula is C13H9Cl2F2N. The van der Waals surface area contributed by atoms with E-state index < -0.39 is 11.6 Å². The summed E-state index contributed by atoms with van der Waals surface area (Å²) in [7, 11) is 0. The molecule has 0 heterocycles. The van der Waals surface area contributed by atoms with Gasteiger partial charge in [0.1, 0.15) is 0 Å². The molecule has 1 N–H and O–H groups in total. The molecule has 0 aliphatic heterocycles. The Labute approximate surface area is 113 Å². The van der Waals surface area contributed by atoms with E-state index >= 15 is 0 Å². The third kappa shape index (κ3) is 2.92. The zero-order chi connectivity index (χ0) is 13.1. The van der Waals surface area contributed by atoms with Gasteiger partial charge < -0.3 is 5.32 Å². The molecule has 0 amide bonds. The summed E-state index contributed by atoms with van der Waals surface area (Å²) in [5, 5.41) is 3.80. The van der Waals surface area contributed by atoms with Crippen molar-refractivity contribution in [3.05, 3.63) is 63.6 Å². The van der Waals surface area contributed by atoms with Crippen LogP contribution in [-0.2, 0) is 6.54 Å². The van der Waals surface area contributed by atoms with Crippen molar-refractivity contribution in [1.29, 1.82) is 0 Å². The highest BCUT2D eigenvalue weighted by molar-refractivity contribution is 6.42. The van der Waals surface area contributed by atoms with Crippen molar-refractivity contribution in [2.45, 2.75) is 6.54 Å². The molecule has 0 aromatic heterocycles. The molecule has 5 heteroatoms. The summed E-state index contributed by atoms with van der Waals surface area (Å²) in [5.74, 6) is -1.70. The van der Waals surface area contributed by atoms with Gasteiger partial charge in [0.05, 0.1) is 10.0 Å². The Kier molecular flexibility index (Phi) is 4.04. The molecule has 0 unspecified atom stereocenters. The lowest BCUT2D eigenvalue weighted by atomic mass is 10.2. The number of rotatable bonds is 3. The van der Waals surface area contributed by atoms with Crippen LogP contribution in [0.2, 0.25) is 10.0 Å². The maximum absolute atomic E-state index is 13.4. The summed E-state index contributed by atoms with van der Waals surface area (Å²) in [6.45, 7) is 0.168. The van der Waals surface area contributed by atoms with Crippen LogP contribution >= 0.6 is 23.2 Å². The number of hydrogen-bond acceptors (Lipinski definition) is 1. The lowest BCUT2D eigenvalue weighted by Gasteiger charge is -2.08. The highest BCUT2D eigenvalue weighted by Gasteiger charge is 2.07. The van der Waals surface area contributed by atoms with E-state index in [-0.39, 0.29) is 12.1 Å². The fraction of sp³-hybridized carbons (Fsp3) is 0.0769. The molecule has 0 radical (unpaired) electrons. The average molecular weight is 288 g/mol. The van der Waals surface area contributed by atoms with E-state index in [0.717, 1.165) is 6.07 Å². The molecule has 94 valence electrons. The van der Waals surface area contributed by atoms with E-state index in [2.05, 4.69) is 5.32 Å². The molecule has 0 aliphatic rings. The quantitative estimate of drug-likeness (QED) is 0.848. The first-order valence-electron chi connectivity index (χ1n) is 5.20. The van der Waals surface area contributed by atoms with Gasteiger partial charge in [-0.05, 0) is 24.3 Å². The Morgan fingerprint density at radius 3 is 2.50 bits per heavy atom. The number of anilines is 1. The zero-order valence-electron chi connectivity index (χ0n) is 9.18. The normalized spacial score (nSPS) is 10.4. The summed E-state index contributed by atoms with van der Waals surface area (Å²) in [4.78, 5) is 0. The van der Waals surface area contributed by atoms with Crippen LogP contribution in [0.15, 0.2) is 36.4 Å². The van der Waals surface area contributed by atoms with Gasteiger partial charge in [0, 0.05) is 17.8 Å². The van der Waals surface area contributed by atoms with Crippen molar-refractivity contribution in [3.8, 4) is 0 Å². The molecule has 0 saturated carbocycles. The van der Waals surface area contributed by atoms with Crippen molar-refractivity contribution in [2.75, 3.05) is 5.32 Å². The fourth-order valence-electron chi connectivity index (χ4n) is 1.49. The summed E-state index contributed by atoms with van der Waals surface area (Å²) in [5.41, 5.74) is 0.939. The fourth-order valence-corrected chi connectivity index (χ4v) is 1.79. The Morgan fingerprint density at radius 1 is 1.00 bits per heavy atom. The summed E-state index contributed by atoms with van der Waals surface area (Å²) in [6, 6.07) is 9.03. The van der Waals surface area contributed by atoms with E-state index in [0.29, 0.717) is 15.7 Å². The predicted molar refractivity (Wildman–Crippen MR) is 70.1 cm³/mol. The van der Waals surface area contributed by atoms with Crippen LogP contribution < -0.4 is 5.32 Å². The van der Waals surface area contributed by atoms with E-state index in [1.807, 2.05) is 0 Å². The second-order valence-corrected chi connectivity index (χ2v) is 4.51. The van der Waals surface area contributed by atoms with Gasteiger partial charge in [0.25, 0.3) is 0 Å². The van der Waals surface area contributed by atoms with E-state index in [4.69, 9.17) is 23.2 Å². The van der Waals surface area contributed by atoms with Crippen molar-refractivity contribution in [2.24, 2.45) is 0 Å². The molecule has 2 rings (SSSR count). The standard InChI is InChI=1S/C13H9Cl2F2N/c14-10-5-4-9(6-11(10)15)18-7-8-2-1-3-12(16)13(8)17/h1-6,18H,7H2. The van der Waals surface area contributed by atoms with Crippen LogP contribution in [-0.4, -0.2) is 0 Å². The first-order valence-corrected chi connectivity index (χ1v) is 5.95. The second-order valence-electron chi connectivity index (χ2n) is 3.70.